The second-order valence-electron chi connectivity index (χ2n) is 8.54. The molecule has 0 saturated heterocycles. The Morgan fingerprint density at radius 2 is 1.18 bits per heavy atom. The third kappa shape index (κ3) is 3.39. The fourth-order valence-corrected chi connectivity index (χ4v) is 4.87. The highest BCUT2D eigenvalue weighted by molar-refractivity contribution is 5.72. The van der Waals surface area contributed by atoms with Crippen LogP contribution in [-0.4, -0.2) is 25.2 Å². The summed E-state index contributed by atoms with van der Waals surface area (Å²) in [6, 6.07) is 9.19. The van der Waals surface area contributed by atoms with Gasteiger partial charge >= 0.3 is 0 Å². The van der Waals surface area contributed by atoms with Gasteiger partial charge in [0.1, 0.15) is 12.0 Å². The summed E-state index contributed by atoms with van der Waals surface area (Å²) >= 11 is 0. The molecule has 3 heteroatoms. The standard InChI is InChI=1S/C25H35N3/c1-10-22-27(24-18(4)11-16(2)12-19(24)5)15-23(26(8)9)28(22)25-20(6)13-17(3)14-21(25)7/h11-15,22H,10H2,1-9H3. The summed E-state index contributed by atoms with van der Waals surface area (Å²) in [5.41, 5.74) is 10.7. The molecule has 0 spiro atoms. The molecule has 0 fully saturated rings. The molecular formula is C25H35N3. The Labute approximate surface area is 171 Å². The second-order valence-corrected chi connectivity index (χ2v) is 8.54. The fraction of sp³-hybridized carbons (Fsp3) is 0.440. The minimum Gasteiger partial charge on any atom is -0.363 e. The molecule has 0 amide bonds. The van der Waals surface area contributed by atoms with Gasteiger partial charge in [0.25, 0.3) is 0 Å². The van der Waals surface area contributed by atoms with Crippen molar-refractivity contribution in [2.24, 2.45) is 0 Å². The third-order valence-corrected chi connectivity index (χ3v) is 5.71. The number of nitrogens with zero attached hydrogens (tertiary/aromatic N) is 3. The van der Waals surface area contributed by atoms with Crippen LogP contribution in [0.15, 0.2) is 36.3 Å². The number of hydrogen-bond acceptors (Lipinski definition) is 3. The lowest BCUT2D eigenvalue weighted by molar-refractivity contribution is 0.480. The maximum absolute atomic E-state index is 2.53. The van der Waals surface area contributed by atoms with E-state index < -0.39 is 0 Å². The summed E-state index contributed by atoms with van der Waals surface area (Å²) in [7, 11) is 4.28. The molecule has 1 heterocycles. The maximum Gasteiger partial charge on any atom is 0.126 e. The summed E-state index contributed by atoms with van der Waals surface area (Å²) in [5, 5.41) is 0. The first-order chi connectivity index (χ1) is 13.1. The molecule has 3 nitrogen and oxygen atoms in total. The Hall–Kier alpha value is -2.42. The van der Waals surface area contributed by atoms with E-state index in [0.717, 1.165) is 6.42 Å². The lowest BCUT2D eigenvalue weighted by Crippen LogP contribution is -2.42. The van der Waals surface area contributed by atoms with Crippen molar-refractivity contribution in [3.05, 3.63) is 69.7 Å². The van der Waals surface area contributed by atoms with Crippen LogP contribution >= 0.6 is 0 Å². The van der Waals surface area contributed by atoms with Crippen molar-refractivity contribution >= 4 is 11.4 Å². The van der Waals surface area contributed by atoms with E-state index in [0.29, 0.717) is 0 Å². The van der Waals surface area contributed by atoms with E-state index in [1.54, 1.807) is 0 Å². The van der Waals surface area contributed by atoms with E-state index in [9.17, 15) is 0 Å². The quantitative estimate of drug-likeness (QED) is 0.651. The van der Waals surface area contributed by atoms with Gasteiger partial charge in [0.05, 0.1) is 5.69 Å². The monoisotopic (exact) mass is 377 g/mol. The van der Waals surface area contributed by atoms with E-state index in [4.69, 9.17) is 0 Å². The number of benzene rings is 2. The summed E-state index contributed by atoms with van der Waals surface area (Å²) in [6.45, 7) is 15.6. The summed E-state index contributed by atoms with van der Waals surface area (Å²) in [5.74, 6) is 1.24. The van der Waals surface area contributed by atoms with E-state index in [1.807, 2.05) is 0 Å². The molecule has 1 aliphatic rings. The van der Waals surface area contributed by atoms with Crippen LogP contribution in [0.5, 0.6) is 0 Å². The predicted octanol–water partition coefficient (Wildman–Crippen LogP) is 5.96. The van der Waals surface area contributed by atoms with Gasteiger partial charge in [0, 0.05) is 26.0 Å². The second kappa shape index (κ2) is 7.54. The van der Waals surface area contributed by atoms with Crippen LogP contribution in [-0.2, 0) is 0 Å². The Bertz CT molecular complexity index is 877. The molecule has 28 heavy (non-hydrogen) atoms. The highest BCUT2D eigenvalue weighted by Gasteiger charge is 2.36. The van der Waals surface area contributed by atoms with Gasteiger partial charge in [-0.1, -0.05) is 42.3 Å². The van der Waals surface area contributed by atoms with E-state index in [2.05, 4.69) is 108 Å². The van der Waals surface area contributed by atoms with Crippen LogP contribution in [0.4, 0.5) is 11.4 Å². The third-order valence-electron chi connectivity index (χ3n) is 5.71. The molecular weight excluding hydrogens is 342 g/mol. The van der Waals surface area contributed by atoms with Crippen molar-refractivity contribution in [2.45, 2.75) is 61.1 Å². The SMILES string of the molecule is CCC1N(c2c(C)cc(C)cc2C)C=C(N(C)C)N1c1c(C)cc(C)cc1C. The predicted molar refractivity (Wildman–Crippen MR) is 122 cm³/mol. The zero-order valence-electron chi connectivity index (χ0n) is 19.0. The molecule has 0 saturated carbocycles. The topological polar surface area (TPSA) is 9.72 Å². The van der Waals surface area contributed by atoms with Crippen molar-refractivity contribution in [2.75, 3.05) is 23.9 Å². The first-order valence-corrected chi connectivity index (χ1v) is 10.3. The molecule has 0 radical (unpaired) electrons. The highest BCUT2D eigenvalue weighted by atomic mass is 15.5. The number of rotatable bonds is 4. The smallest absolute Gasteiger partial charge is 0.126 e. The molecule has 1 atom stereocenters. The molecule has 0 bridgehead atoms. The van der Waals surface area contributed by atoms with E-state index >= 15 is 0 Å². The summed E-state index contributed by atoms with van der Waals surface area (Å²) in [6.07, 6.45) is 3.63. The van der Waals surface area contributed by atoms with Gasteiger partial charge in [-0.2, -0.15) is 0 Å². The van der Waals surface area contributed by atoms with Crippen LogP contribution < -0.4 is 9.80 Å². The number of aryl methyl sites for hydroxylation is 6. The minimum atomic E-state index is 0.262. The normalized spacial score (nSPS) is 16.6. The molecule has 0 aliphatic carbocycles. The van der Waals surface area contributed by atoms with Crippen molar-refractivity contribution in [3.8, 4) is 0 Å². The first kappa shape index (κ1) is 20.3. The lowest BCUT2D eigenvalue weighted by atomic mass is 10.0. The summed E-state index contributed by atoms with van der Waals surface area (Å²) in [4.78, 5) is 7.25. The van der Waals surface area contributed by atoms with Crippen LogP contribution in [0.2, 0.25) is 0 Å². The largest absolute Gasteiger partial charge is 0.363 e. The number of anilines is 2. The Morgan fingerprint density at radius 1 is 0.750 bits per heavy atom. The van der Waals surface area contributed by atoms with Crippen LogP contribution in [0.1, 0.15) is 46.7 Å². The van der Waals surface area contributed by atoms with Crippen molar-refractivity contribution in [1.29, 1.82) is 0 Å². The lowest BCUT2D eigenvalue weighted by Gasteiger charge is -2.37. The molecule has 150 valence electrons. The molecule has 1 unspecified atom stereocenters. The number of hydrogen-bond donors (Lipinski definition) is 0. The molecule has 0 N–H and O–H groups in total. The van der Waals surface area contributed by atoms with Gasteiger partial charge in [-0.15, -0.1) is 0 Å². The van der Waals surface area contributed by atoms with Crippen LogP contribution in [0, 0.1) is 41.5 Å². The first-order valence-electron chi connectivity index (χ1n) is 10.3. The van der Waals surface area contributed by atoms with E-state index in [1.165, 1.54) is 50.6 Å². The summed E-state index contributed by atoms with van der Waals surface area (Å²) < 4.78 is 0. The van der Waals surface area contributed by atoms with Crippen LogP contribution in [0.25, 0.3) is 0 Å². The van der Waals surface area contributed by atoms with Crippen LogP contribution in [0.3, 0.4) is 0 Å². The van der Waals surface area contributed by atoms with Gasteiger partial charge < -0.3 is 14.7 Å². The van der Waals surface area contributed by atoms with Crippen molar-refractivity contribution in [1.82, 2.24) is 4.90 Å². The molecule has 0 aromatic heterocycles. The van der Waals surface area contributed by atoms with Crippen molar-refractivity contribution < 1.29 is 0 Å². The Kier molecular flexibility index (Phi) is 5.47. The van der Waals surface area contributed by atoms with Gasteiger partial charge in [0.15, 0.2) is 0 Å². The van der Waals surface area contributed by atoms with Gasteiger partial charge in [-0.3, -0.25) is 0 Å². The average molecular weight is 378 g/mol. The highest BCUT2D eigenvalue weighted by Crippen LogP contribution is 2.41. The average Bonchev–Trinajstić information content (AvgIpc) is 2.92. The zero-order valence-corrected chi connectivity index (χ0v) is 19.0. The molecule has 1 aliphatic heterocycles. The molecule has 2 aromatic carbocycles. The Morgan fingerprint density at radius 3 is 1.57 bits per heavy atom. The Balaban J connectivity index is 2.20. The zero-order chi connectivity index (χ0) is 20.7. The van der Waals surface area contributed by atoms with Gasteiger partial charge in [-0.25, -0.2) is 0 Å². The van der Waals surface area contributed by atoms with Crippen molar-refractivity contribution in [3.63, 3.8) is 0 Å². The molecule has 3 rings (SSSR count). The fourth-order valence-electron chi connectivity index (χ4n) is 4.87. The maximum atomic E-state index is 2.53. The minimum absolute atomic E-state index is 0.262. The molecule has 2 aromatic rings. The van der Waals surface area contributed by atoms with Gasteiger partial charge in [0.2, 0.25) is 0 Å². The van der Waals surface area contributed by atoms with E-state index in [-0.39, 0.29) is 6.17 Å². The van der Waals surface area contributed by atoms with Gasteiger partial charge in [-0.05, 0) is 70.2 Å².